The Balaban J connectivity index is 2.40. The zero-order valence-corrected chi connectivity index (χ0v) is 12.2. The van der Waals surface area contributed by atoms with Crippen LogP contribution >= 0.6 is 0 Å². The number of fused-ring (bicyclic) bond motifs is 1. The van der Waals surface area contributed by atoms with E-state index in [1.54, 1.807) is 5.56 Å². The van der Waals surface area contributed by atoms with Crippen molar-refractivity contribution < 1.29 is 0 Å². The molecule has 0 aliphatic heterocycles. The molecule has 0 radical (unpaired) electrons. The van der Waals surface area contributed by atoms with Crippen LogP contribution in [0, 0.1) is 12.3 Å². The normalized spacial score (nSPS) is 17.6. The Morgan fingerprint density at radius 2 is 1.78 bits per heavy atom. The average Bonchev–Trinajstić information content (AvgIpc) is 2.31. The molecule has 1 aliphatic carbocycles. The summed E-state index contributed by atoms with van der Waals surface area (Å²) in [4.78, 5) is 0. The first kappa shape index (κ1) is 13.4. The summed E-state index contributed by atoms with van der Waals surface area (Å²) in [5.74, 6) is 0. The van der Waals surface area contributed by atoms with Crippen LogP contribution in [0.15, 0.2) is 24.8 Å². The highest BCUT2D eigenvalue weighted by molar-refractivity contribution is 5.70. The number of benzene rings is 1. The molecule has 1 aromatic rings. The second kappa shape index (κ2) is 5.30. The molecule has 0 bridgehead atoms. The van der Waals surface area contributed by atoms with E-state index in [1.807, 2.05) is 0 Å². The lowest BCUT2D eigenvalue weighted by atomic mass is 9.65. The molecule has 18 heavy (non-hydrogen) atoms. The van der Waals surface area contributed by atoms with Gasteiger partial charge in [0.25, 0.3) is 0 Å². The van der Waals surface area contributed by atoms with Crippen molar-refractivity contribution in [3.8, 4) is 0 Å². The van der Waals surface area contributed by atoms with Crippen molar-refractivity contribution in [2.75, 3.05) is 0 Å². The Bertz CT molecular complexity index is 433. The van der Waals surface area contributed by atoms with Crippen LogP contribution in [-0.2, 0) is 6.42 Å². The van der Waals surface area contributed by atoms with Crippen molar-refractivity contribution in [3.05, 3.63) is 41.5 Å². The number of hydrogen-bond donors (Lipinski definition) is 0. The average molecular weight is 242 g/mol. The van der Waals surface area contributed by atoms with Gasteiger partial charge in [-0.3, -0.25) is 0 Å². The molecule has 0 N–H and O–H groups in total. The summed E-state index contributed by atoms with van der Waals surface area (Å²) in [5, 5.41) is 0. The van der Waals surface area contributed by atoms with Crippen molar-refractivity contribution in [3.63, 3.8) is 0 Å². The monoisotopic (exact) mass is 242 g/mol. The first-order valence-corrected chi connectivity index (χ1v) is 7.38. The topological polar surface area (TPSA) is 0 Å². The summed E-state index contributed by atoms with van der Waals surface area (Å²) < 4.78 is 0. The van der Waals surface area contributed by atoms with E-state index in [1.165, 1.54) is 55.2 Å². The molecule has 0 unspecified atom stereocenters. The largest absolute Gasteiger partial charge is 0.0952 e. The van der Waals surface area contributed by atoms with Gasteiger partial charge in [0, 0.05) is 0 Å². The lowest BCUT2D eigenvalue weighted by Gasteiger charge is -2.40. The van der Waals surface area contributed by atoms with Crippen LogP contribution in [0.2, 0.25) is 0 Å². The third kappa shape index (κ3) is 2.39. The van der Waals surface area contributed by atoms with Crippen molar-refractivity contribution in [2.24, 2.45) is 5.41 Å². The lowest BCUT2D eigenvalue weighted by Crippen LogP contribution is -2.28. The zero-order chi connectivity index (χ0) is 13.2. The second-order valence-corrected chi connectivity index (χ2v) is 6.06. The molecule has 1 aromatic carbocycles. The predicted octanol–water partition coefficient (Wildman–Crippen LogP) is 5.54. The Morgan fingerprint density at radius 3 is 2.39 bits per heavy atom. The van der Waals surface area contributed by atoms with Crippen LogP contribution < -0.4 is 0 Å². The fourth-order valence-corrected chi connectivity index (χ4v) is 3.79. The van der Waals surface area contributed by atoms with Gasteiger partial charge in [0.15, 0.2) is 0 Å². The molecule has 0 spiro atoms. The van der Waals surface area contributed by atoms with Gasteiger partial charge in [-0.05, 0) is 60.3 Å². The maximum absolute atomic E-state index is 4.36. The van der Waals surface area contributed by atoms with E-state index in [0.29, 0.717) is 5.41 Å². The summed E-state index contributed by atoms with van der Waals surface area (Å²) in [6, 6.07) is 6.68. The third-order valence-corrected chi connectivity index (χ3v) is 4.49. The molecule has 0 saturated heterocycles. The molecule has 0 amide bonds. The first-order chi connectivity index (χ1) is 8.62. The van der Waals surface area contributed by atoms with Gasteiger partial charge in [-0.1, -0.05) is 51.5 Å². The Kier molecular flexibility index (Phi) is 3.94. The smallest absolute Gasteiger partial charge is 0.0195 e. The van der Waals surface area contributed by atoms with E-state index in [-0.39, 0.29) is 0 Å². The van der Waals surface area contributed by atoms with Gasteiger partial charge in [-0.25, -0.2) is 0 Å². The maximum atomic E-state index is 4.36. The highest BCUT2D eigenvalue weighted by Gasteiger charge is 2.34. The second-order valence-electron chi connectivity index (χ2n) is 6.06. The highest BCUT2D eigenvalue weighted by Crippen LogP contribution is 2.47. The van der Waals surface area contributed by atoms with E-state index in [2.05, 4.69) is 45.5 Å². The molecule has 0 fully saturated rings. The molecular formula is C18H26. The summed E-state index contributed by atoms with van der Waals surface area (Å²) in [6.07, 6.45) is 7.71. The molecule has 0 saturated carbocycles. The van der Waals surface area contributed by atoms with Gasteiger partial charge < -0.3 is 0 Å². The zero-order valence-electron chi connectivity index (χ0n) is 12.2. The van der Waals surface area contributed by atoms with Crippen LogP contribution in [0.1, 0.15) is 62.6 Å². The van der Waals surface area contributed by atoms with E-state index < -0.39 is 0 Å². The Morgan fingerprint density at radius 1 is 1.11 bits per heavy atom. The molecule has 0 aromatic heterocycles. The van der Waals surface area contributed by atoms with Gasteiger partial charge in [-0.15, -0.1) is 0 Å². The fourth-order valence-electron chi connectivity index (χ4n) is 3.79. The quantitative estimate of drug-likeness (QED) is 0.650. The Labute approximate surface area is 112 Å². The van der Waals surface area contributed by atoms with Crippen LogP contribution in [0.5, 0.6) is 0 Å². The first-order valence-electron chi connectivity index (χ1n) is 7.38. The number of allylic oxidation sites excluding steroid dienone is 1. The van der Waals surface area contributed by atoms with Crippen LogP contribution in [0.25, 0.3) is 5.57 Å². The van der Waals surface area contributed by atoms with E-state index in [0.717, 1.165) is 0 Å². The summed E-state index contributed by atoms with van der Waals surface area (Å²) in [5.41, 5.74) is 6.29. The van der Waals surface area contributed by atoms with Crippen molar-refractivity contribution in [2.45, 2.75) is 59.3 Å². The number of hydrogen-bond acceptors (Lipinski definition) is 0. The van der Waals surface area contributed by atoms with Crippen molar-refractivity contribution in [1.82, 2.24) is 0 Å². The van der Waals surface area contributed by atoms with Gasteiger partial charge >= 0.3 is 0 Å². The van der Waals surface area contributed by atoms with Crippen LogP contribution in [0.4, 0.5) is 0 Å². The molecule has 1 aliphatic rings. The molecule has 0 atom stereocenters. The summed E-state index contributed by atoms with van der Waals surface area (Å²) >= 11 is 0. The van der Waals surface area contributed by atoms with Crippen LogP contribution in [0.3, 0.4) is 0 Å². The summed E-state index contributed by atoms with van der Waals surface area (Å²) in [6.45, 7) is 11.2. The number of rotatable bonds is 4. The molecule has 0 heterocycles. The van der Waals surface area contributed by atoms with Crippen LogP contribution in [-0.4, -0.2) is 0 Å². The predicted molar refractivity (Wildman–Crippen MR) is 80.8 cm³/mol. The molecule has 98 valence electrons. The maximum Gasteiger partial charge on any atom is -0.0195 e. The fraction of sp³-hybridized carbons (Fsp3) is 0.556. The SMILES string of the molecule is C=C1CC(CCC)(CCC)Cc2c(C)cccc21. The van der Waals surface area contributed by atoms with E-state index in [4.69, 9.17) is 0 Å². The third-order valence-electron chi connectivity index (χ3n) is 4.49. The lowest BCUT2D eigenvalue weighted by molar-refractivity contribution is 0.232. The molecule has 0 nitrogen and oxygen atoms in total. The van der Waals surface area contributed by atoms with E-state index >= 15 is 0 Å². The van der Waals surface area contributed by atoms with Gasteiger partial charge in [0.2, 0.25) is 0 Å². The Hall–Kier alpha value is -1.04. The minimum atomic E-state index is 0.486. The molecular weight excluding hydrogens is 216 g/mol. The highest BCUT2D eigenvalue weighted by atomic mass is 14.4. The standard InChI is InChI=1S/C18H26/c1-5-10-18(11-6-2)12-15(4)16-9-7-8-14(3)17(16)13-18/h7-9H,4-6,10-13H2,1-3H3. The van der Waals surface area contributed by atoms with Gasteiger partial charge in [0.05, 0.1) is 0 Å². The summed E-state index contributed by atoms with van der Waals surface area (Å²) in [7, 11) is 0. The van der Waals surface area contributed by atoms with Crippen molar-refractivity contribution in [1.29, 1.82) is 0 Å². The molecule has 2 rings (SSSR count). The van der Waals surface area contributed by atoms with Gasteiger partial charge in [-0.2, -0.15) is 0 Å². The van der Waals surface area contributed by atoms with Crippen molar-refractivity contribution >= 4 is 5.57 Å². The molecule has 0 heteroatoms. The minimum absolute atomic E-state index is 0.486. The number of aryl methyl sites for hydroxylation is 1. The minimum Gasteiger partial charge on any atom is -0.0952 e. The van der Waals surface area contributed by atoms with E-state index in [9.17, 15) is 0 Å². The van der Waals surface area contributed by atoms with Gasteiger partial charge in [0.1, 0.15) is 0 Å².